The molecule has 10 nitrogen and oxygen atoms in total. The van der Waals surface area contributed by atoms with Crippen LogP contribution in [0.4, 0.5) is 30.5 Å². The lowest BCUT2D eigenvalue weighted by molar-refractivity contribution is -0.274. The molecule has 0 radical (unpaired) electrons. The number of hydrogen-bond donors (Lipinski definition) is 3. The molecule has 0 bridgehead atoms. The molecule has 0 aliphatic heterocycles. The van der Waals surface area contributed by atoms with Gasteiger partial charge in [-0.05, 0) is 42.0 Å². The highest BCUT2D eigenvalue weighted by Gasteiger charge is 2.30. The average Bonchev–Trinajstić information content (AvgIpc) is 3.12. The molecule has 4 N–H and O–H groups in total. The smallest absolute Gasteiger partial charge is 0.406 e. The Morgan fingerprint density at radius 2 is 1.85 bits per heavy atom. The molecule has 0 aliphatic carbocycles. The third-order valence-electron chi connectivity index (χ3n) is 4.16. The highest BCUT2D eigenvalue weighted by atomic mass is 32.2. The molecule has 0 aliphatic rings. The van der Waals surface area contributed by atoms with Crippen molar-refractivity contribution in [1.29, 1.82) is 0 Å². The third kappa shape index (κ3) is 7.30. The van der Waals surface area contributed by atoms with Crippen molar-refractivity contribution in [3.05, 3.63) is 54.1 Å². The van der Waals surface area contributed by atoms with Crippen molar-refractivity contribution in [2.75, 3.05) is 41.3 Å². The van der Waals surface area contributed by atoms with Crippen LogP contribution in [0.5, 0.6) is 5.75 Å². The maximum Gasteiger partial charge on any atom is 0.573 e. The summed E-state index contributed by atoms with van der Waals surface area (Å²) < 4.78 is 41.5. The first-order valence-corrected chi connectivity index (χ1v) is 10.6. The first-order chi connectivity index (χ1) is 16.1. The van der Waals surface area contributed by atoms with Gasteiger partial charge in [0.1, 0.15) is 5.75 Å². The van der Waals surface area contributed by atoms with Gasteiger partial charge in [-0.25, -0.2) is 10.1 Å². The zero-order valence-corrected chi connectivity index (χ0v) is 18.9. The fourth-order valence-electron chi connectivity index (χ4n) is 2.54. The monoisotopic (exact) mass is 494 g/mol. The molecule has 1 aromatic heterocycles. The molecule has 180 valence electrons. The van der Waals surface area contributed by atoms with Crippen LogP contribution in [0.1, 0.15) is 5.56 Å². The van der Waals surface area contributed by atoms with Gasteiger partial charge in [0.15, 0.2) is 0 Å². The summed E-state index contributed by atoms with van der Waals surface area (Å²) in [5, 5.41) is 14.7. The van der Waals surface area contributed by atoms with E-state index in [9.17, 15) is 18.0 Å². The number of halogens is 3. The van der Waals surface area contributed by atoms with Crippen LogP contribution in [0.15, 0.2) is 58.8 Å². The first kappa shape index (κ1) is 24.7. The Bertz CT molecular complexity index is 1130. The lowest BCUT2D eigenvalue weighted by atomic mass is 10.2. The van der Waals surface area contributed by atoms with Crippen molar-refractivity contribution in [3.8, 4) is 5.75 Å². The van der Waals surface area contributed by atoms with Gasteiger partial charge in [-0.3, -0.25) is 4.79 Å². The number of nitrogen functional groups attached to an aromatic ring is 1. The number of aromatic nitrogens is 3. The number of nitrogens with one attached hydrogen (secondary N) is 2. The van der Waals surface area contributed by atoms with Gasteiger partial charge in [0.05, 0.1) is 12.0 Å². The van der Waals surface area contributed by atoms with E-state index in [0.717, 1.165) is 39.8 Å². The predicted octanol–water partition coefficient (Wildman–Crippen LogP) is 3.13. The second kappa shape index (κ2) is 10.8. The van der Waals surface area contributed by atoms with Gasteiger partial charge >= 0.3 is 6.36 Å². The van der Waals surface area contributed by atoms with E-state index in [0.29, 0.717) is 5.69 Å². The van der Waals surface area contributed by atoms with Crippen LogP contribution in [0, 0.1) is 0 Å². The van der Waals surface area contributed by atoms with Crippen LogP contribution in [0.3, 0.4) is 0 Å². The second-order valence-corrected chi connectivity index (χ2v) is 7.88. The molecule has 0 fully saturated rings. The fourth-order valence-corrected chi connectivity index (χ4v) is 3.20. The topological polar surface area (TPSA) is 123 Å². The zero-order valence-electron chi connectivity index (χ0n) is 18.1. The van der Waals surface area contributed by atoms with Gasteiger partial charge in [-0.2, -0.15) is 5.10 Å². The molecule has 0 saturated heterocycles. The van der Waals surface area contributed by atoms with Crippen molar-refractivity contribution < 1.29 is 22.7 Å². The van der Waals surface area contributed by atoms with Gasteiger partial charge in [0.2, 0.25) is 11.1 Å². The molecule has 0 unspecified atom stereocenters. The summed E-state index contributed by atoms with van der Waals surface area (Å²) in [6.07, 6.45) is -3.18. The molecule has 34 heavy (non-hydrogen) atoms. The summed E-state index contributed by atoms with van der Waals surface area (Å²) in [6, 6.07) is 12.5. The number of hydrazone groups is 1. The molecule has 0 spiro atoms. The normalized spacial score (nSPS) is 11.4. The number of benzene rings is 2. The molecular formula is C20H21F3N8O2S. The van der Waals surface area contributed by atoms with E-state index in [1.54, 1.807) is 6.21 Å². The maximum atomic E-state index is 12.2. The molecule has 14 heteroatoms. The molecule has 1 amide bonds. The van der Waals surface area contributed by atoms with Gasteiger partial charge in [0, 0.05) is 25.5 Å². The molecule has 0 saturated carbocycles. The summed E-state index contributed by atoms with van der Waals surface area (Å²) in [5.41, 5.74) is 4.92. The minimum atomic E-state index is -4.78. The Morgan fingerprint density at radius 3 is 2.47 bits per heavy atom. The van der Waals surface area contributed by atoms with Crippen molar-refractivity contribution in [2.45, 2.75) is 11.5 Å². The Morgan fingerprint density at radius 1 is 1.18 bits per heavy atom. The van der Waals surface area contributed by atoms with E-state index < -0.39 is 12.3 Å². The zero-order chi connectivity index (χ0) is 24.7. The van der Waals surface area contributed by atoms with Crippen molar-refractivity contribution >= 4 is 41.2 Å². The number of anilines is 3. The molecule has 3 aromatic rings. The Balaban J connectivity index is 1.48. The van der Waals surface area contributed by atoms with Crippen molar-refractivity contribution in [3.63, 3.8) is 0 Å². The molecular weight excluding hydrogens is 473 g/mol. The number of nitrogens with two attached hydrogens (primary N) is 1. The van der Waals surface area contributed by atoms with E-state index in [1.807, 2.05) is 43.3 Å². The quantitative estimate of drug-likeness (QED) is 0.180. The number of ether oxygens (including phenoxy) is 1. The summed E-state index contributed by atoms with van der Waals surface area (Å²) in [6.45, 7) is 0. The van der Waals surface area contributed by atoms with Crippen LogP contribution in [0.25, 0.3) is 0 Å². The first-order valence-electron chi connectivity index (χ1n) is 9.66. The Labute approximate surface area is 196 Å². The SMILES string of the molecule is CN(C)c1ccc(/C=N/Nc2nnc(SCC(=O)Nc3ccc(OC(F)(F)F)cc3)n2N)cc1. The van der Waals surface area contributed by atoms with E-state index in [2.05, 4.69) is 30.8 Å². The molecule has 1 heterocycles. The predicted molar refractivity (Wildman–Crippen MR) is 125 cm³/mol. The van der Waals surface area contributed by atoms with Gasteiger partial charge in [0.25, 0.3) is 5.95 Å². The van der Waals surface area contributed by atoms with E-state index >= 15 is 0 Å². The average molecular weight is 495 g/mol. The number of carbonyl (C=O) groups excluding carboxylic acids is 1. The Hall–Kier alpha value is -3.94. The lowest BCUT2D eigenvalue weighted by Gasteiger charge is -2.11. The third-order valence-corrected chi connectivity index (χ3v) is 5.10. The fraction of sp³-hybridized carbons (Fsp3) is 0.200. The number of nitrogens with zero attached hydrogens (tertiary/aromatic N) is 5. The minimum absolute atomic E-state index is 0.0579. The van der Waals surface area contributed by atoms with Crippen LogP contribution in [-0.4, -0.2) is 53.2 Å². The van der Waals surface area contributed by atoms with Crippen LogP contribution < -0.4 is 26.2 Å². The maximum absolute atomic E-state index is 12.2. The van der Waals surface area contributed by atoms with Gasteiger partial charge in [-0.15, -0.1) is 23.4 Å². The van der Waals surface area contributed by atoms with Gasteiger partial charge < -0.3 is 20.8 Å². The number of alkyl halides is 3. The summed E-state index contributed by atoms with van der Waals surface area (Å²) >= 11 is 1.02. The molecule has 2 aromatic carbocycles. The number of hydrogen-bond acceptors (Lipinski definition) is 9. The standard InChI is InChI=1S/C20H21F3N8O2S/c1-30(2)15-7-3-13(4-8-15)11-25-27-18-28-29-19(31(18)24)34-12-17(32)26-14-5-9-16(10-6-14)33-20(21,22)23/h3-11H,12,24H2,1-2H3,(H,26,32)(H,27,28)/b25-11+. The van der Waals surface area contributed by atoms with Crippen LogP contribution >= 0.6 is 11.8 Å². The highest BCUT2D eigenvalue weighted by molar-refractivity contribution is 7.99. The highest BCUT2D eigenvalue weighted by Crippen LogP contribution is 2.24. The van der Waals surface area contributed by atoms with Crippen molar-refractivity contribution in [1.82, 2.24) is 14.9 Å². The lowest BCUT2D eigenvalue weighted by Crippen LogP contribution is -2.18. The summed E-state index contributed by atoms with van der Waals surface area (Å²) in [5.74, 6) is 5.25. The number of rotatable bonds is 9. The summed E-state index contributed by atoms with van der Waals surface area (Å²) in [7, 11) is 3.90. The van der Waals surface area contributed by atoms with Crippen molar-refractivity contribution in [2.24, 2.45) is 5.10 Å². The van der Waals surface area contributed by atoms with Gasteiger partial charge in [-0.1, -0.05) is 23.9 Å². The van der Waals surface area contributed by atoms with Crippen LogP contribution in [0.2, 0.25) is 0 Å². The van der Waals surface area contributed by atoms with E-state index in [1.165, 1.54) is 12.1 Å². The largest absolute Gasteiger partial charge is 0.573 e. The summed E-state index contributed by atoms with van der Waals surface area (Å²) in [4.78, 5) is 14.1. The minimum Gasteiger partial charge on any atom is -0.406 e. The van der Waals surface area contributed by atoms with Crippen LogP contribution in [-0.2, 0) is 4.79 Å². The number of thioether (sulfide) groups is 1. The van der Waals surface area contributed by atoms with E-state index in [4.69, 9.17) is 5.84 Å². The van der Waals surface area contributed by atoms with E-state index in [-0.39, 0.29) is 22.6 Å². The number of carbonyl (C=O) groups is 1. The molecule has 0 atom stereocenters. The molecule has 3 rings (SSSR count). The second-order valence-electron chi connectivity index (χ2n) is 6.94. The Kier molecular flexibility index (Phi) is 7.83. The number of amides is 1.